The molecule has 0 aliphatic carbocycles. The van der Waals surface area contributed by atoms with Gasteiger partial charge in [0.15, 0.2) is 0 Å². The molecule has 1 aromatic carbocycles. The summed E-state index contributed by atoms with van der Waals surface area (Å²) in [7, 11) is 0. The van der Waals surface area contributed by atoms with Crippen molar-refractivity contribution < 1.29 is 9.26 Å². The molecular weight excluding hydrogens is 324 g/mol. The average molecular weight is 342 g/mol. The zero-order valence-corrected chi connectivity index (χ0v) is 14.2. The molecule has 3 aromatic rings. The monoisotopic (exact) mass is 342 g/mol. The van der Waals surface area contributed by atoms with Gasteiger partial charge in [-0.15, -0.1) is 11.3 Å². The summed E-state index contributed by atoms with van der Waals surface area (Å²) in [6, 6.07) is 8.11. The Morgan fingerprint density at radius 1 is 1.38 bits per heavy atom. The maximum absolute atomic E-state index is 5.82. The lowest BCUT2D eigenvalue weighted by Crippen LogP contribution is -2.37. The van der Waals surface area contributed by atoms with Crippen LogP contribution in [0.2, 0.25) is 0 Å². The fourth-order valence-electron chi connectivity index (χ4n) is 2.80. The quantitative estimate of drug-likeness (QED) is 0.726. The van der Waals surface area contributed by atoms with Crippen molar-refractivity contribution in [1.82, 2.24) is 20.0 Å². The van der Waals surface area contributed by atoms with E-state index in [9.17, 15) is 0 Å². The molecule has 7 heteroatoms. The molecule has 1 fully saturated rings. The maximum Gasteiger partial charge on any atom is 0.241 e. The minimum Gasteiger partial charge on any atom is -0.368 e. The Bertz CT molecular complexity index is 803. The van der Waals surface area contributed by atoms with Crippen LogP contribution in [0.5, 0.6) is 0 Å². The second kappa shape index (κ2) is 6.80. The number of ether oxygens (including phenoxy) is 1. The Labute approximate surface area is 144 Å². The van der Waals surface area contributed by atoms with Gasteiger partial charge in [-0.2, -0.15) is 4.98 Å². The van der Waals surface area contributed by atoms with Gasteiger partial charge in [-0.05, 0) is 13.0 Å². The van der Waals surface area contributed by atoms with Crippen molar-refractivity contribution in [3.8, 4) is 11.4 Å². The number of rotatable bonds is 4. The van der Waals surface area contributed by atoms with E-state index in [2.05, 4.69) is 39.1 Å². The first-order valence-corrected chi connectivity index (χ1v) is 8.79. The number of morpholine rings is 1. The third-order valence-corrected chi connectivity index (χ3v) is 4.85. The number of hydrogen-bond acceptors (Lipinski definition) is 7. The highest BCUT2D eigenvalue weighted by Gasteiger charge is 2.25. The number of hydrogen-bond donors (Lipinski definition) is 0. The van der Waals surface area contributed by atoms with Gasteiger partial charge in [0, 0.05) is 30.2 Å². The summed E-state index contributed by atoms with van der Waals surface area (Å²) in [5, 5.41) is 7.10. The molecule has 2 aromatic heterocycles. The van der Waals surface area contributed by atoms with Crippen molar-refractivity contribution in [3.63, 3.8) is 0 Å². The van der Waals surface area contributed by atoms with Crippen LogP contribution in [-0.2, 0) is 11.3 Å². The first-order valence-electron chi connectivity index (χ1n) is 7.91. The summed E-state index contributed by atoms with van der Waals surface area (Å²) >= 11 is 1.63. The van der Waals surface area contributed by atoms with Crippen LogP contribution in [0.3, 0.4) is 0 Å². The van der Waals surface area contributed by atoms with Gasteiger partial charge in [0.2, 0.25) is 11.7 Å². The normalized spacial score (nSPS) is 18.8. The van der Waals surface area contributed by atoms with Crippen molar-refractivity contribution in [3.05, 3.63) is 52.3 Å². The van der Waals surface area contributed by atoms with E-state index < -0.39 is 0 Å². The lowest BCUT2D eigenvalue weighted by Gasteiger charge is -2.30. The van der Waals surface area contributed by atoms with Gasteiger partial charge in [-0.25, -0.2) is 4.98 Å². The maximum atomic E-state index is 5.82. The first kappa shape index (κ1) is 15.4. The van der Waals surface area contributed by atoms with Gasteiger partial charge in [-0.1, -0.05) is 28.9 Å². The summed E-state index contributed by atoms with van der Waals surface area (Å²) in [5.41, 5.74) is 2.16. The standard InChI is InChI=1S/C17H18N4O2S/c1-12-3-2-4-13(9-12)16-19-15(23-20-16)11-21-6-7-22-14(10-21)17-18-5-8-24-17/h2-5,8-9,14H,6-7,10-11H2,1H3. The molecule has 1 unspecified atom stereocenters. The highest BCUT2D eigenvalue weighted by molar-refractivity contribution is 7.09. The summed E-state index contributed by atoms with van der Waals surface area (Å²) < 4.78 is 11.2. The second-order valence-electron chi connectivity index (χ2n) is 5.85. The topological polar surface area (TPSA) is 64.3 Å². The zero-order valence-electron chi connectivity index (χ0n) is 13.4. The highest BCUT2D eigenvalue weighted by atomic mass is 32.1. The fourth-order valence-corrected chi connectivity index (χ4v) is 3.48. The van der Waals surface area contributed by atoms with Crippen LogP contribution in [0.15, 0.2) is 40.4 Å². The van der Waals surface area contributed by atoms with E-state index in [1.807, 2.05) is 23.7 Å². The van der Waals surface area contributed by atoms with Gasteiger partial charge < -0.3 is 9.26 Å². The second-order valence-corrected chi connectivity index (χ2v) is 6.77. The Morgan fingerprint density at radius 3 is 3.17 bits per heavy atom. The molecular formula is C17H18N4O2S. The number of benzene rings is 1. The SMILES string of the molecule is Cc1cccc(-c2noc(CN3CCOC(c4nccs4)C3)n2)c1. The van der Waals surface area contributed by atoms with Crippen LogP contribution in [0.25, 0.3) is 11.4 Å². The smallest absolute Gasteiger partial charge is 0.241 e. The summed E-state index contributed by atoms with van der Waals surface area (Å²) in [6.45, 7) is 5.00. The molecule has 0 saturated carbocycles. The van der Waals surface area contributed by atoms with E-state index in [1.165, 1.54) is 5.56 Å². The summed E-state index contributed by atoms with van der Waals surface area (Å²) in [5.74, 6) is 1.27. The van der Waals surface area contributed by atoms with E-state index in [4.69, 9.17) is 9.26 Å². The van der Waals surface area contributed by atoms with Crippen molar-refractivity contribution in [2.45, 2.75) is 19.6 Å². The Balaban J connectivity index is 1.44. The minimum absolute atomic E-state index is 0.0258. The molecule has 4 rings (SSSR count). The van der Waals surface area contributed by atoms with E-state index in [0.29, 0.717) is 24.9 Å². The predicted molar refractivity (Wildman–Crippen MR) is 90.6 cm³/mol. The van der Waals surface area contributed by atoms with Crippen molar-refractivity contribution in [2.24, 2.45) is 0 Å². The molecule has 3 heterocycles. The lowest BCUT2D eigenvalue weighted by molar-refractivity contribution is -0.0356. The first-order chi connectivity index (χ1) is 11.8. The Hall–Kier alpha value is -2.09. The van der Waals surface area contributed by atoms with Crippen molar-refractivity contribution in [1.29, 1.82) is 0 Å². The molecule has 124 valence electrons. The van der Waals surface area contributed by atoms with Gasteiger partial charge in [0.05, 0.1) is 13.2 Å². The largest absolute Gasteiger partial charge is 0.368 e. The molecule has 1 saturated heterocycles. The summed E-state index contributed by atoms with van der Waals surface area (Å²) in [4.78, 5) is 11.1. The molecule has 1 atom stereocenters. The Kier molecular flexibility index (Phi) is 4.38. The predicted octanol–water partition coefficient (Wildman–Crippen LogP) is 3.08. The number of thiazole rings is 1. The van der Waals surface area contributed by atoms with Crippen LogP contribution >= 0.6 is 11.3 Å². The van der Waals surface area contributed by atoms with E-state index in [0.717, 1.165) is 23.7 Å². The van der Waals surface area contributed by atoms with Crippen LogP contribution in [0, 0.1) is 6.92 Å². The van der Waals surface area contributed by atoms with Gasteiger partial charge >= 0.3 is 0 Å². The molecule has 6 nitrogen and oxygen atoms in total. The highest BCUT2D eigenvalue weighted by Crippen LogP contribution is 2.25. The molecule has 0 amide bonds. The van der Waals surface area contributed by atoms with Crippen LogP contribution < -0.4 is 0 Å². The lowest BCUT2D eigenvalue weighted by atomic mass is 10.1. The molecule has 0 radical (unpaired) electrons. The molecule has 1 aliphatic heterocycles. The van der Waals surface area contributed by atoms with Gasteiger partial charge in [0.1, 0.15) is 11.1 Å². The third-order valence-electron chi connectivity index (χ3n) is 3.98. The van der Waals surface area contributed by atoms with Gasteiger partial charge in [-0.3, -0.25) is 4.90 Å². The molecule has 0 spiro atoms. The van der Waals surface area contributed by atoms with E-state index in [-0.39, 0.29) is 6.10 Å². The molecule has 1 aliphatic rings. The van der Waals surface area contributed by atoms with Crippen LogP contribution in [0.1, 0.15) is 22.6 Å². The average Bonchev–Trinajstić information content (AvgIpc) is 3.27. The van der Waals surface area contributed by atoms with Gasteiger partial charge in [0.25, 0.3) is 0 Å². The fraction of sp³-hybridized carbons (Fsp3) is 0.353. The minimum atomic E-state index is 0.0258. The molecule has 24 heavy (non-hydrogen) atoms. The van der Waals surface area contributed by atoms with E-state index >= 15 is 0 Å². The third kappa shape index (κ3) is 3.38. The summed E-state index contributed by atoms with van der Waals surface area (Å²) in [6.07, 6.45) is 1.84. The number of aryl methyl sites for hydroxylation is 1. The Morgan fingerprint density at radius 2 is 2.33 bits per heavy atom. The number of aromatic nitrogens is 3. The van der Waals surface area contributed by atoms with Crippen molar-refractivity contribution >= 4 is 11.3 Å². The molecule has 0 N–H and O–H groups in total. The van der Waals surface area contributed by atoms with Crippen molar-refractivity contribution in [2.75, 3.05) is 19.7 Å². The molecule has 0 bridgehead atoms. The number of nitrogens with zero attached hydrogens (tertiary/aromatic N) is 4. The van der Waals surface area contributed by atoms with Crippen LogP contribution in [0.4, 0.5) is 0 Å². The van der Waals surface area contributed by atoms with Crippen LogP contribution in [-0.4, -0.2) is 39.7 Å². The zero-order chi connectivity index (χ0) is 16.4. The van der Waals surface area contributed by atoms with E-state index in [1.54, 1.807) is 11.3 Å².